The zero-order chi connectivity index (χ0) is 12.4. The quantitative estimate of drug-likeness (QED) is 0.849. The first-order valence-electron chi connectivity index (χ1n) is 5.05. The lowest BCUT2D eigenvalue weighted by atomic mass is 10.0. The summed E-state index contributed by atoms with van der Waals surface area (Å²) >= 11 is 0. The van der Waals surface area contributed by atoms with Crippen molar-refractivity contribution in [2.45, 2.75) is 6.92 Å². The summed E-state index contributed by atoms with van der Waals surface area (Å²) in [6.45, 7) is 1.90. The van der Waals surface area contributed by atoms with Crippen LogP contribution in [-0.4, -0.2) is 28.4 Å². The van der Waals surface area contributed by atoms with Crippen LogP contribution in [0.2, 0.25) is 0 Å². The van der Waals surface area contributed by atoms with Gasteiger partial charge in [0, 0.05) is 5.56 Å². The number of hydrogen-bond donors (Lipinski definition) is 2. The highest BCUT2D eigenvalue weighted by molar-refractivity contribution is 5.90. The number of H-pyrrole nitrogens is 1. The average Bonchev–Trinajstić information content (AvgIpc) is 2.77. The Morgan fingerprint density at radius 1 is 1.47 bits per heavy atom. The Morgan fingerprint density at radius 2 is 2.24 bits per heavy atom. The average molecular weight is 232 g/mol. The number of aromatic carboxylic acids is 1. The predicted molar refractivity (Wildman–Crippen MR) is 62.3 cm³/mol. The van der Waals surface area contributed by atoms with Crippen molar-refractivity contribution in [2.24, 2.45) is 0 Å². The van der Waals surface area contributed by atoms with E-state index in [1.807, 2.05) is 6.92 Å². The third kappa shape index (κ3) is 1.99. The van der Waals surface area contributed by atoms with E-state index in [1.54, 1.807) is 31.5 Å². The van der Waals surface area contributed by atoms with Crippen LogP contribution >= 0.6 is 0 Å². The van der Waals surface area contributed by atoms with Crippen molar-refractivity contribution < 1.29 is 14.6 Å². The van der Waals surface area contributed by atoms with Gasteiger partial charge >= 0.3 is 5.97 Å². The van der Waals surface area contributed by atoms with Gasteiger partial charge in [0.15, 0.2) is 5.75 Å². The van der Waals surface area contributed by atoms with Crippen LogP contribution in [0, 0.1) is 6.92 Å². The molecule has 0 atom stereocenters. The van der Waals surface area contributed by atoms with Crippen molar-refractivity contribution in [1.29, 1.82) is 0 Å². The number of carboxylic acids is 1. The Morgan fingerprint density at radius 3 is 2.88 bits per heavy atom. The lowest BCUT2D eigenvalue weighted by molar-refractivity contribution is 0.0697. The minimum Gasteiger partial charge on any atom is -0.493 e. The predicted octanol–water partition coefficient (Wildman–Crippen LogP) is 2.09. The van der Waals surface area contributed by atoms with E-state index in [9.17, 15) is 4.79 Å². The van der Waals surface area contributed by atoms with Crippen LogP contribution in [0.15, 0.2) is 24.4 Å². The minimum absolute atomic E-state index is 0.238. The van der Waals surface area contributed by atoms with E-state index in [4.69, 9.17) is 9.84 Å². The Hall–Kier alpha value is -2.30. The van der Waals surface area contributed by atoms with Gasteiger partial charge in [-0.3, -0.25) is 5.10 Å². The highest BCUT2D eigenvalue weighted by Gasteiger charge is 2.13. The minimum atomic E-state index is -0.954. The molecule has 2 rings (SSSR count). The molecule has 2 N–H and O–H groups in total. The molecule has 0 unspecified atom stereocenters. The zero-order valence-electron chi connectivity index (χ0n) is 9.52. The highest BCUT2D eigenvalue weighted by Crippen LogP contribution is 2.30. The number of carbonyl (C=O) groups is 1. The molecule has 0 spiro atoms. The van der Waals surface area contributed by atoms with E-state index >= 15 is 0 Å². The number of nitrogens with zero attached hydrogens (tertiary/aromatic N) is 1. The van der Waals surface area contributed by atoms with Gasteiger partial charge in [0.1, 0.15) is 5.69 Å². The largest absolute Gasteiger partial charge is 0.493 e. The second-order valence-corrected chi connectivity index (χ2v) is 3.65. The van der Waals surface area contributed by atoms with E-state index < -0.39 is 5.97 Å². The molecule has 2 aromatic rings. The Labute approximate surface area is 98.0 Å². The van der Waals surface area contributed by atoms with Crippen LogP contribution in [0.3, 0.4) is 0 Å². The van der Waals surface area contributed by atoms with Gasteiger partial charge in [-0.05, 0) is 24.6 Å². The lowest BCUT2D eigenvalue weighted by Crippen LogP contribution is -1.98. The molecule has 0 fully saturated rings. The number of rotatable bonds is 3. The maximum absolute atomic E-state index is 10.9. The van der Waals surface area contributed by atoms with Gasteiger partial charge in [-0.15, -0.1) is 0 Å². The van der Waals surface area contributed by atoms with Gasteiger partial charge in [-0.2, -0.15) is 5.10 Å². The van der Waals surface area contributed by atoms with Crippen LogP contribution < -0.4 is 4.74 Å². The number of benzene rings is 1. The van der Waals surface area contributed by atoms with Crippen molar-refractivity contribution >= 4 is 5.97 Å². The number of carboxylic acid groups (broad SMARTS) is 1. The van der Waals surface area contributed by atoms with Crippen molar-refractivity contribution in [3.63, 3.8) is 0 Å². The molecular formula is C12H12N2O3. The monoisotopic (exact) mass is 232 g/mol. The second kappa shape index (κ2) is 4.29. The molecule has 5 heteroatoms. The molecule has 0 radical (unpaired) electrons. The summed E-state index contributed by atoms with van der Waals surface area (Å²) in [6, 6.07) is 4.94. The molecule has 88 valence electrons. The topological polar surface area (TPSA) is 75.2 Å². The summed E-state index contributed by atoms with van der Waals surface area (Å²) in [5.74, 6) is -0.361. The Balaban J connectivity index is 2.58. The molecular weight excluding hydrogens is 220 g/mol. The van der Waals surface area contributed by atoms with Crippen molar-refractivity contribution in [2.75, 3.05) is 7.11 Å². The van der Waals surface area contributed by atoms with Gasteiger partial charge in [-0.25, -0.2) is 4.79 Å². The number of aromatic nitrogens is 2. The first kappa shape index (κ1) is 11.2. The third-order valence-corrected chi connectivity index (χ3v) is 2.58. The number of aryl methyl sites for hydroxylation is 1. The molecule has 0 aliphatic carbocycles. The summed E-state index contributed by atoms with van der Waals surface area (Å²) in [5, 5.41) is 15.7. The number of methoxy groups -OCH3 is 1. The maximum atomic E-state index is 10.9. The van der Waals surface area contributed by atoms with Crippen molar-refractivity contribution in [3.05, 3.63) is 35.5 Å². The van der Waals surface area contributed by atoms with Crippen molar-refractivity contribution in [1.82, 2.24) is 10.2 Å². The molecule has 0 aliphatic rings. The summed E-state index contributed by atoms with van der Waals surface area (Å²) in [6.07, 6.45) is 1.56. The summed E-state index contributed by atoms with van der Waals surface area (Å²) in [5.41, 5.74) is 2.66. The van der Waals surface area contributed by atoms with E-state index in [-0.39, 0.29) is 5.56 Å². The number of aromatic amines is 1. The van der Waals surface area contributed by atoms with Crippen LogP contribution in [0.4, 0.5) is 0 Å². The van der Waals surface area contributed by atoms with Gasteiger partial charge in [0.05, 0.1) is 18.9 Å². The van der Waals surface area contributed by atoms with E-state index in [1.165, 1.54) is 0 Å². The van der Waals surface area contributed by atoms with Gasteiger partial charge in [0.25, 0.3) is 0 Å². The summed E-state index contributed by atoms with van der Waals surface area (Å²) in [4.78, 5) is 10.9. The number of ether oxygens (including phenoxy) is 1. The van der Waals surface area contributed by atoms with Crippen LogP contribution in [0.5, 0.6) is 5.75 Å². The van der Waals surface area contributed by atoms with Crippen LogP contribution in [0.1, 0.15) is 15.9 Å². The first-order valence-corrected chi connectivity index (χ1v) is 5.05. The fourth-order valence-electron chi connectivity index (χ4n) is 1.65. The van der Waals surface area contributed by atoms with Crippen LogP contribution in [-0.2, 0) is 0 Å². The standard InChI is InChI=1S/C12H12N2O3/c1-7-3-4-8(12(15)16)5-9(7)11-10(17-2)6-13-14-11/h3-6H,1-2H3,(H,13,14)(H,15,16). The molecule has 1 heterocycles. The lowest BCUT2D eigenvalue weighted by Gasteiger charge is -2.07. The van der Waals surface area contributed by atoms with E-state index in [0.29, 0.717) is 11.4 Å². The number of hydrogen-bond acceptors (Lipinski definition) is 3. The zero-order valence-corrected chi connectivity index (χ0v) is 9.52. The molecule has 1 aromatic carbocycles. The first-order chi connectivity index (χ1) is 8.13. The fourth-order valence-corrected chi connectivity index (χ4v) is 1.65. The van der Waals surface area contributed by atoms with Crippen LogP contribution in [0.25, 0.3) is 11.3 Å². The van der Waals surface area contributed by atoms with Gasteiger partial charge < -0.3 is 9.84 Å². The molecule has 0 saturated heterocycles. The Bertz CT molecular complexity index is 561. The molecule has 0 saturated carbocycles. The normalized spacial score (nSPS) is 10.2. The smallest absolute Gasteiger partial charge is 0.335 e. The Kier molecular flexibility index (Phi) is 2.82. The summed E-state index contributed by atoms with van der Waals surface area (Å²) < 4.78 is 5.15. The molecule has 0 amide bonds. The third-order valence-electron chi connectivity index (χ3n) is 2.58. The molecule has 17 heavy (non-hydrogen) atoms. The van der Waals surface area contributed by atoms with Gasteiger partial charge in [-0.1, -0.05) is 6.07 Å². The second-order valence-electron chi connectivity index (χ2n) is 3.65. The maximum Gasteiger partial charge on any atom is 0.335 e. The molecule has 0 aliphatic heterocycles. The molecule has 0 bridgehead atoms. The number of nitrogens with one attached hydrogen (secondary N) is 1. The molecule has 1 aromatic heterocycles. The van der Waals surface area contributed by atoms with E-state index in [2.05, 4.69) is 10.2 Å². The fraction of sp³-hybridized carbons (Fsp3) is 0.167. The van der Waals surface area contributed by atoms with Crippen molar-refractivity contribution in [3.8, 4) is 17.0 Å². The SMILES string of the molecule is COc1cn[nH]c1-c1cc(C(=O)O)ccc1C. The van der Waals surface area contributed by atoms with E-state index in [0.717, 1.165) is 11.1 Å². The summed E-state index contributed by atoms with van der Waals surface area (Å²) in [7, 11) is 1.55. The highest BCUT2D eigenvalue weighted by atomic mass is 16.5. The van der Waals surface area contributed by atoms with Gasteiger partial charge in [0.2, 0.25) is 0 Å². The molecule has 5 nitrogen and oxygen atoms in total.